The molecular formula is C11H13Cl2NO2. The molecule has 1 aromatic rings. The lowest BCUT2D eigenvalue weighted by Crippen LogP contribution is -2.26. The largest absolute Gasteiger partial charge is 0.494 e. The van der Waals surface area contributed by atoms with Gasteiger partial charge in [0.25, 0.3) is 0 Å². The Morgan fingerprint density at radius 1 is 1.31 bits per heavy atom. The van der Waals surface area contributed by atoms with Gasteiger partial charge in [0.1, 0.15) is 11.6 Å². The quantitative estimate of drug-likeness (QED) is 0.631. The Labute approximate surface area is 105 Å². The van der Waals surface area contributed by atoms with Crippen LogP contribution in [0.1, 0.15) is 6.42 Å². The second kappa shape index (κ2) is 7.36. The van der Waals surface area contributed by atoms with E-state index in [0.29, 0.717) is 18.2 Å². The summed E-state index contributed by atoms with van der Waals surface area (Å²) in [7, 11) is 0. The zero-order valence-electron chi connectivity index (χ0n) is 8.71. The molecule has 0 aliphatic heterocycles. The summed E-state index contributed by atoms with van der Waals surface area (Å²) >= 11 is 11.1. The van der Waals surface area contributed by atoms with Gasteiger partial charge in [0.2, 0.25) is 5.91 Å². The zero-order chi connectivity index (χ0) is 11.8. The van der Waals surface area contributed by atoms with Crippen molar-refractivity contribution in [2.45, 2.75) is 6.42 Å². The highest BCUT2D eigenvalue weighted by atomic mass is 35.5. The minimum atomic E-state index is -0.159. The number of benzene rings is 1. The van der Waals surface area contributed by atoms with Crippen LogP contribution in [0, 0.1) is 0 Å². The predicted octanol–water partition coefficient (Wildman–Crippen LogP) is 2.46. The number of amides is 1. The van der Waals surface area contributed by atoms with Crippen LogP contribution in [0.25, 0.3) is 0 Å². The molecule has 16 heavy (non-hydrogen) atoms. The summed E-state index contributed by atoms with van der Waals surface area (Å²) in [6.45, 7) is 1.11. The van der Waals surface area contributed by atoms with Gasteiger partial charge in [-0.05, 0) is 30.7 Å². The highest BCUT2D eigenvalue weighted by Crippen LogP contribution is 2.15. The summed E-state index contributed by atoms with van der Waals surface area (Å²) in [5, 5.41) is 3.34. The minimum Gasteiger partial charge on any atom is -0.494 e. The van der Waals surface area contributed by atoms with Crippen molar-refractivity contribution in [3.05, 3.63) is 29.3 Å². The maximum Gasteiger partial charge on any atom is 0.234 e. The number of alkyl halides is 1. The highest BCUT2D eigenvalue weighted by Gasteiger charge is 1.97. The van der Waals surface area contributed by atoms with Crippen LogP contribution in [0.5, 0.6) is 5.75 Å². The maximum absolute atomic E-state index is 10.8. The highest BCUT2D eigenvalue weighted by molar-refractivity contribution is 6.30. The first kappa shape index (κ1) is 13.1. The average molecular weight is 262 g/mol. The third kappa shape index (κ3) is 5.24. The molecule has 0 spiro atoms. The Hall–Kier alpha value is -0.930. The van der Waals surface area contributed by atoms with E-state index in [1.165, 1.54) is 0 Å². The fraction of sp³-hybridized carbons (Fsp3) is 0.364. The van der Waals surface area contributed by atoms with E-state index in [-0.39, 0.29) is 11.8 Å². The van der Waals surface area contributed by atoms with Crippen molar-refractivity contribution in [2.75, 3.05) is 19.0 Å². The summed E-state index contributed by atoms with van der Waals surface area (Å²) in [6.07, 6.45) is 0.741. The van der Waals surface area contributed by atoms with E-state index in [1.807, 2.05) is 0 Å². The molecule has 0 unspecified atom stereocenters. The number of carbonyl (C=O) groups is 1. The first-order chi connectivity index (χ1) is 7.72. The molecule has 0 aromatic heterocycles. The van der Waals surface area contributed by atoms with E-state index >= 15 is 0 Å². The first-order valence-corrected chi connectivity index (χ1v) is 5.84. The lowest BCUT2D eigenvalue weighted by Gasteiger charge is -2.06. The molecule has 88 valence electrons. The third-order valence-electron chi connectivity index (χ3n) is 1.85. The molecule has 0 aliphatic rings. The summed E-state index contributed by atoms with van der Waals surface area (Å²) in [6, 6.07) is 7.15. The van der Waals surface area contributed by atoms with Crippen LogP contribution in [-0.2, 0) is 4.79 Å². The van der Waals surface area contributed by atoms with Crippen LogP contribution in [0.3, 0.4) is 0 Å². The molecule has 0 saturated carbocycles. The molecule has 0 atom stereocenters. The normalized spacial score (nSPS) is 9.88. The predicted molar refractivity (Wildman–Crippen MR) is 65.3 cm³/mol. The second-order valence-electron chi connectivity index (χ2n) is 3.14. The van der Waals surface area contributed by atoms with Crippen molar-refractivity contribution in [1.82, 2.24) is 5.32 Å². The van der Waals surface area contributed by atoms with Crippen molar-refractivity contribution >= 4 is 29.1 Å². The number of hydrogen-bond acceptors (Lipinski definition) is 2. The number of ether oxygens (including phenoxy) is 1. The molecule has 0 heterocycles. The monoisotopic (exact) mass is 261 g/mol. The summed E-state index contributed by atoms with van der Waals surface area (Å²) in [4.78, 5) is 10.8. The van der Waals surface area contributed by atoms with Gasteiger partial charge >= 0.3 is 0 Å². The third-order valence-corrected chi connectivity index (χ3v) is 2.34. The number of nitrogens with one attached hydrogen (secondary N) is 1. The fourth-order valence-electron chi connectivity index (χ4n) is 1.07. The molecule has 0 bridgehead atoms. The fourth-order valence-corrected chi connectivity index (χ4v) is 1.29. The first-order valence-electron chi connectivity index (χ1n) is 4.93. The van der Waals surface area contributed by atoms with Crippen LogP contribution in [0.2, 0.25) is 5.02 Å². The average Bonchev–Trinajstić information content (AvgIpc) is 2.31. The smallest absolute Gasteiger partial charge is 0.234 e. The van der Waals surface area contributed by atoms with Crippen molar-refractivity contribution in [3.63, 3.8) is 0 Å². The van der Waals surface area contributed by atoms with Crippen LogP contribution in [-0.4, -0.2) is 24.9 Å². The van der Waals surface area contributed by atoms with E-state index in [0.717, 1.165) is 12.2 Å². The van der Waals surface area contributed by atoms with Gasteiger partial charge in [-0.1, -0.05) is 11.6 Å². The van der Waals surface area contributed by atoms with Gasteiger partial charge in [-0.25, -0.2) is 0 Å². The van der Waals surface area contributed by atoms with Crippen LogP contribution in [0.4, 0.5) is 0 Å². The van der Waals surface area contributed by atoms with E-state index in [4.69, 9.17) is 27.9 Å². The number of halogens is 2. The molecule has 0 radical (unpaired) electrons. The van der Waals surface area contributed by atoms with Crippen molar-refractivity contribution in [3.8, 4) is 5.75 Å². The van der Waals surface area contributed by atoms with Gasteiger partial charge in [-0.2, -0.15) is 0 Å². The summed E-state index contributed by atoms with van der Waals surface area (Å²) < 4.78 is 5.43. The standard InChI is InChI=1S/C11H13Cl2NO2/c12-8-11(15)14-6-1-7-16-10-4-2-9(13)3-5-10/h2-5H,1,6-8H2,(H,14,15). The molecule has 0 aliphatic carbocycles. The maximum atomic E-state index is 10.8. The number of hydrogen-bond donors (Lipinski definition) is 1. The van der Waals surface area contributed by atoms with E-state index in [9.17, 15) is 4.79 Å². The molecule has 0 saturated heterocycles. The lowest BCUT2D eigenvalue weighted by atomic mass is 10.3. The van der Waals surface area contributed by atoms with Crippen molar-refractivity contribution in [1.29, 1.82) is 0 Å². The van der Waals surface area contributed by atoms with Gasteiger partial charge in [0.05, 0.1) is 6.61 Å². The number of carbonyl (C=O) groups excluding carboxylic acids is 1. The topological polar surface area (TPSA) is 38.3 Å². The second-order valence-corrected chi connectivity index (χ2v) is 3.84. The summed E-state index contributed by atoms with van der Waals surface area (Å²) in [5.74, 6) is 0.610. The van der Waals surface area contributed by atoms with Crippen LogP contribution < -0.4 is 10.1 Å². The van der Waals surface area contributed by atoms with Crippen LogP contribution in [0.15, 0.2) is 24.3 Å². The Morgan fingerprint density at radius 2 is 2.00 bits per heavy atom. The van der Waals surface area contributed by atoms with Crippen molar-refractivity contribution < 1.29 is 9.53 Å². The van der Waals surface area contributed by atoms with E-state index in [2.05, 4.69) is 5.32 Å². The van der Waals surface area contributed by atoms with E-state index in [1.54, 1.807) is 24.3 Å². The van der Waals surface area contributed by atoms with Gasteiger partial charge < -0.3 is 10.1 Å². The molecule has 1 aromatic carbocycles. The van der Waals surface area contributed by atoms with Crippen molar-refractivity contribution in [2.24, 2.45) is 0 Å². The molecule has 1 amide bonds. The van der Waals surface area contributed by atoms with Gasteiger partial charge in [0.15, 0.2) is 0 Å². The van der Waals surface area contributed by atoms with Gasteiger partial charge in [-0.15, -0.1) is 11.6 Å². The molecule has 1 rings (SSSR count). The van der Waals surface area contributed by atoms with Gasteiger partial charge in [0, 0.05) is 11.6 Å². The zero-order valence-corrected chi connectivity index (χ0v) is 10.2. The Bertz CT molecular complexity index is 327. The molecule has 3 nitrogen and oxygen atoms in total. The minimum absolute atomic E-state index is 0.00194. The molecular weight excluding hydrogens is 249 g/mol. The number of rotatable bonds is 6. The Kier molecular flexibility index (Phi) is 6.04. The lowest BCUT2D eigenvalue weighted by molar-refractivity contribution is -0.118. The van der Waals surface area contributed by atoms with Gasteiger partial charge in [-0.3, -0.25) is 4.79 Å². The van der Waals surface area contributed by atoms with Crippen LogP contribution >= 0.6 is 23.2 Å². The molecule has 1 N–H and O–H groups in total. The van der Waals surface area contributed by atoms with E-state index < -0.39 is 0 Å². The molecule has 0 fully saturated rings. The molecule has 5 heteroatoms. The SMILES string of the molecule is O=C(CCl)NCCCOc1ccc(Cl)cc1. The Balaban J connectivity index is 2.11. The Morgan fingerprint density at radius 3 is 2.62 bits per heavy atom. The summed E-state index contributed by atoms with van der Waals surface area (Å²) in [5.41, 5.74) is 0.